The predicted octanol–water partition coefficient (Wildman–Crippen LogP) is 2.56. The van der Waals surface area contributed by atoms with E-state index in [2.05, 4.69) is 6.07 Å². The van der Waals surface area contributed by atoms with Crippen molar-refractivity contribution in [2.24, 2.45) is 5.92 Å². The van der Waals surface area contributed by atoms with Gasteiger partial charge in [-0.15, -0.1) is 0 Å². The monoisotopic (exact) mass is 443 g/mol. The number of likely N-dealkylation sites (N-methyl/N-ethyl adjacent to an activating group) is 1. The van der Waals surface area contributed by atoms with E-state index < -0.39 is 16.1 Å². The highest BCUT2D eigenvalue weighted by atomic mass is 32.2. The highest BCUT2D eigenvalue weighted by Crippen LogP contribution is 2.36. The first-order valence-electron chi connectivity index (χ1n) is 10.3. The molecule has 1 heterocycles. The lowest BCUT2D eigenvalue weighted by Crippen LogP contribution is -2.49. The maximum absolute atomic E-state index is 13.5. The number of nitrogens with zero attached hydrogens (tertiary/aromatic N) is 3. The zero-order valence-electron chi connectivity index (χ0n) is 18.3. The number of sulfonamides is 1. The molecule has 31 heavy (non-hydrogen) atoms. The standard InChI is InChI=1S/C23H29N3O4S/c1-16-13-26(17(2)15-27)31(28,29)23-10-9-20(19-7-5-18(12-24)6-8-19)11-21(23)30-22(16)14-25(3)4/h5-11,16-17,22,27H,13-15H2,1-4H3/t16-,17+,22+/m0/s1. The van der Waals surface area contributed by atoms with Crippen molar-refractivity contribution < 1.29 is 18.3 Å². The maximum Gasteiger partial charge on any atom is 0.247 e. The van der Waals surface area contributed by atoms with Crippen molar-refractivity contribution in [2.45, 2.75) is 30.9 Å². The molecule has 1 N–H and O–H groups in total. The van der Waals surface area contributed by atoms with Crippen LogP contribution in [0.1, 0.15) is 19.4 Å². The maximum atomic E-state index is 13.5. The molecule has 1 aliphatic heterocycles. The van der Waals surface area contributed by atoms with Crippen LogP contribution in [-0.4, -0.2) is 68.7 Å². The van der Waals surface area contributed by atoms with Crippen molar-refractivity contribution in [3.63, 3.8) is 0 Å². The van der Waals surface area contributed by atoms with Crippen molar-refractivity contribution in [3.05, 3.63) is 48.0 Å². The fourth-order valence-electron chi connectivity index (χ4n) is 3.72. The fraction of sp³-hybridized carbons (Fsp3) is 0.435. The summed E-state index contributed by atoms with van der Waals surface area (Å²) >= 11 is 0. The number of fused-ring (bicyclic) bond motifs is 1. The van der Waals surface area contributed by atoms with Gasteiger partial charge in [-0.2, -0.15) is 9.57 Å². The van der Waals surface area contributed by atoms with Gasteiger partial charge in [-0.3, -0.25) is 0 Å². The number of nitriles is 1. The van der Waals surface area contributed by atoms with Gasteiger partial charge in [-0.25, -0.2) is 8.42 Å². The Morgan fingerprint density at radius 3 is 2.45 bits per heavy atom. The average Bonchev–Trinajstić information content (AvgIpc) is 2.75. The predicted molar refractivity (Wildman–Crippen MR) is 119 cm³/mol. The highest BCUT2D eigenvalue weighted by Gasteiger charge is 2.37. The van der Waals surface area contributed by atoms with Crippen LogP contribution in [0.15, 0.2) is 47.4 Å². The van der Waals surface area contributed by atoms with Crippen LogP contribution in [0.5, 0.6) is 5.75 Å². The van der Waals surface area contributed by atoms with Gasteiger partial charge in [0.2, 0.25) is 10.0 Å². The molecule has 0 bridgehead atoms. The molecule has 3 rings (SSSR count). The topological polar surface area (TPSA) is 93.9 Å². The third-order valence-electron chi connectivity index (χ3n) is 5.56. The highest BCUT2D eigenvalue weighted by molar-refractivity contribution is 7.89. The van der Waals surface area contributed by atoms with Gasteiger partial charge in [-0.1, -0.05) is 25.1 Å². The second kappa shape index (κ2) is 9.37. The zero-order chi connectivity index (χ0) is 22.8. The van der Waals surface area contributed by atoms with Gasteiger partial charge in [0.25, 0.3) is 0 Å². The number of benzene rings is 2. The van der Waals surface area contributed by atoms with E-state index in [1.807, 2.05) is 38.1 Å². The summed E-state index contributed by atoms with van der Waals surface area (Å²) in [7, 11) is 0.0476. The van der Waals surface area contributed by atoms with E-state index in [0.717, 1.165) is 11.1 Å². The zero-order valence-corrected chi connectivity index (χ0v) is 19.1. The fourth-order valence-corrected chi connectivity index (χ4v) is 5.55. The largest absolute Gasteiger partial charge is 0.487 e. The van der Waals surface area contributed by atoms with Crippen LogP contribution < -0.4 is 4.74 Å². The van der Waals surface area contributed by atoms with E-state index in [-0.39, 0.29) is 30.1 Å². The van der Waals surface area contributed by atoms with Crippen LogP contribution in [-0.2, 0) is 10.0 Å². The first kappa shape index (κ1) is 23.2. The summed E-state index contributed by atoms with van der Waals surface area (Å²) in [5.74, 6) is 0.216. The Morgan fingerprint density at radius 1 is 1.23 bits per heavy atom. The summed E-state index contributed by atoms with van der Waals surface area (Å²) in [4.78, 5) is 2.11. The molecule has 0 spiro atoms. The van der Waals surface area contributed by atoms with Gasteiger partial charge in [0.1, 0.15) is 16.7 Å². The molecular weight excluding hydrogens is 414 g/mol. The smallest absolute Gasteiger partial charge is 0.247 e. The molecule has 0 fully saturated rings. The Kier molecular flexibility index (Phi) is 7.02. The van der Waals surface area contributed by atoms with E-state index >= 15 is 0 Å². The van der Waals surface area contributed by atoms with Gasteiger partial charge >= 0.3 is 0 Å². The average molecular weight is 444 g/mol. The first-order valence-corrected chi connectivity index (χ1v) is 11.7. The van der Waals surface area contributed by atoms with Crippen molar-refractivity contribution in [1.82, 2.24) is 9.21 Å². The van der Waals surface area contributed by atoms with Crippen LogP contribution in [0.25, 0.3) is 11.1 Å². The number of aliphatic hydroxyl groups is 1. The van der Waals surface area contributed by atoms with E-state index in [9.17, 15) is 13.5 Å². The number of ether oxygens (including phenoxy) is 1. The minimum absolute atomic E-state index is 0.0853. The molecule has 0 saturated heterocycles. The Morgan fingerprint density at radius 2 is 1.87 bits per heavy atom. The second-order valence-electron chi connectivity index (χ2n) is 8.35. The number of hydrogen-bond acceptors (Lipinski definition) is 6. The first-order chi connectivity index (χ1) is 14.7. The van der Waals surface area contributed by atoms with Crippen molar-refractivity contribution in [2.75, 3.05) is 33.8 Å². The molecule has 166 valence electrons. The number of aliphatic hydroxyl groups excluding tert-OH is 1. The van der Waals surface area contributed by atoms with Crippen molar-refractivity contribution in [1.29, 1.82) is 5.26 Å². The van der Waals surface area contributed by atoms with Crippen LogP contribution in [0.3, 0.4) is 0 Å². The lowest BCUT2D eigenvalue weighted by atomic mass is 10.0. The van der Waals surface area contributed by atoms with Crippen LogP contribution in [0.2, 0.25) is 0 Å². The van der Waals surface area contributed by atoms with Crippen molar-refractivity contribution in [3.8, 4) is 22.9 Å². The van der Waals surface area contributed by atoms with Crippen LogP contribution in [0, 0.1) is 17.2 Å². The third-order valence-corrected chi connectivity index (χ3v) is 7.58. The number of rotatable bonds is 5. The van der Waals surface area contributed by atoms with Gasteiger partial charge in [0, 0.05) is 25.0 Å². The molecule has 1 aliphatic rings. The Hall–Kier alpha value is -2.44. The molecule has 0 aliphatic carbocycles. The summed E-state index contributed by atoms with van der Waals surface area (Å²) in [6, 6.07) is 13.7. The van der Waals surface area contributed by atoms with Gasteiger partial charge in [0.05, 0.1) is 18.2 Å². The molecular formula is C23H29N3O4S. The minimum Gasteiger partial charge on any atom is -0.487 e. The van der Waals surface area contributed by atoms with E-state index in [4.69, 9.17) is 10.00 Å². The molecule has 8 heteroatoms. The van der Waals surface area contributed by atoms with E-state index in [1.165, 1.54) is 4.31 Å². The molecule has 0 amide bonds. The Bertz CT molecular complexity index is 1060. The summed E-state index contributed by atoms with van der Waals surface area (Å²) in [5.41, 5.74) is 2.22. The minimum atomic E-state index is -3.86. The molecule has 0 radical (unpaired) electrons. The van der Waals surface area contributed by atoms with Crippen molar-refractivity contribution >= 4 is 10.0 Å². The third kappa shape index (κ3) is 4.91. The molecule has 3 atom stereocenters. The molecule has 2 aromatic rings. The lowest BCUT2D eigenvalue weighted by Gasteiger charge is -2.37. The summed E-state index contributed by atoms with van der Waals surface area (Å²) < 4.78 is 34.6. The van der Waals surface area contributed by atoms with Gasteiger partial charge in [0.15, 0.2) is 0 Å². The SMILES string of the molecule is C[C@H](CO)N1C[C@H](C)[C@@H](CN(C)C)Oc2cc(-c3ccc(C#N)cc3)ccc2S1(=O)=O. The number of hydrogen-bond donors (Lipinski definition) is 1. The van der Waals surface area contributed by atoms with Crippen LogP contribution >= 0.6 is 0 Å². The molecule has 2 aromatic carbocycles. The molecule has 0 saturated carbocycles. The van der Waals surface area contributed by atoms with E-state index in [1.54, 1.807) is 37.3 Å². The van der Waals surface area contributed by atoms with E-state index in [0.29, 0.717) is 17.9 Å². The summed E-state index contributed by atoms with van der Waals surface area (Å²) in [6.07, 6.45) is -0.228. The Balaban J connectivity index is 2.13. The van der Waals surface area contributed by atoms with Gasteiger partial charge in [-0.05, 0) is 56.4 Å². The second-order valence-corrected chi connectivity index (χ2v) is 10.2. The quantitative estimate of drug-likeness (QED) is 0.763. The molecule has 0 unspecified atom stereocenters. The Labute approximate surface area is 184 Å². The molecule has 0 aromatic heterocycles. The molecule has 7 nitrogen and oxygen atoms in total. The lowest BCUT2D eigenvalue weighted by molar-refractivity contribution is 0.0813. The summed E-state index contributed by atoms with van der Waals surface area (Å²) in [6.45, 7) is 4.31. The van der Waals surface area contributed by atoms with Crippen LogP contribution in [0.4, 0.5) is 0 Å². The van der Waals surface area contributed by atoms with Gasteiger partial charge < -0.3 is 14.7 Å². The normalized spacial score (nSPS) is 22.0. The summed E-state index contributed by atoms with van der Waals surface area (Å²) in [5, 5.41) is 18.7.